The van der Waals surface area contributed by atoms with Crippen LogP contribution in [0.2, 0.25) is 0 Å². The predicted molar refractivity (Wildman–Crippen MR) is 117 cm³/mol. The highest BCUT2D eigenvalue weighted by Gasteiger charge is 2.07. The smallest absolute Gasteiger partial charge is 0.269 e. The molecular weight excluding hydrogens is 402 g/mol. The summed E-state index contributed by atoms with van der Waals surface area (Å²) in [5, 5.41) is 16.8. The fourth-order valence-electron chi connectivity index (χ4n) is 2.73. The molecule has 0 aliphatic rings. The summed E-state index contributed by atoms with van der Waals surface area (Å²) in [5.41, 5.74) is 2.82. The Hall–Kier alpha value is -3.91. The lowest BCUT2D eigenvalue weighted by Gasteiger charge is -2.07. The first-order valence-electron chi connectivity index (χ1n) is 9.00. The second-order valence-electron chi connectivity index (χ2n) is 6.27. The maximum atomic E-state index is 10.7. The Bertz CT molecular complexity index is 1140. The van der Waals surface area contributed by atoms with Crippen molar-refractivity contribution in [1.82, 2.24) is 4.98 Å². The van der Waals surface area contributed by atoms with Gasteiger partial charge in [-0.05, 0) is 60.7 Å². The third kappa shape index (κ3) is 4.56. The topological polar surface area (TPSA) is 86.5 Å². The number of nitrogens with one attached hydrogen (secondary N) is 1. The van der Waals surface area contributed by atoms with Gasteiger partial charge in [0.2, 0.25) is 0 Å². The highest BCUT2D eigenvalue weighted by atomic mass is 32.1. The largest absolute Gasteiger partial charge is 0.497 e. The summed E-state index contributed by atoms with van der Waals surface area (Å²) in [6.45, 7) is 0. The number of methoxy groups -OCH3 is 1. The number of nitro benzene ring substituents is 1. The minimum Gasteiger partial charge on any atom is -0.497 e. The number of non-ortho nitro benzene ring substituents is 1. The van der Waals surface area contributed by atoms with Crippen molar-refractivity contribution in [2.24, 2.45) is 0 Å². The molecule has 0 spiro atoms. The van der Waals surface area contributed by atoms with Crippen molar-refractivity contribution < 1.29 is 14.4 Å². The lowest BCUT2D eigenvalue weighted by Crippen LogP contribution is -1.91. The van der Waals surface area contributed by atoms with Gasteiger partial charge in [-0.2, -0.15) is 0 Å². The third-order valence-corrected chi connectivity index (χ3v) is 5.04. The molecule has 0 amide bonds. The van der Waals surface area contributed by atoms with Crippen LogP contribution in [0.3, 0.4) is 0 Å². The summed E-state index contributed by atoms with van der Waals surface area (Å²) in [5.74, 6) is 1.97. The van der Waals surface area contributed by atoms with Crippen molar-refractivity contribution in [3.63, 3.8) is 0 Å². The van der Waals surface area contributed by atoms with Crippen molar-refractivity contribution in [1.29, 1.82) is 0 Å². The fourth-order valence-corrected chi connectivity index (χ4v) is 3.47. The van der Waals surface area contributed by atoms with Gasteiger partial charge in [-0.25, -0.2) is 4.98 Å². The summed E-state index contributed by atoms with van der Waals surface area (Å²) in [6.07, 6.45) is 0. The number of anilines is 2. The van der Waals surface area contributed by atoms with Gasteiger partial charge in [0.15, 0.2) is 5.13 Å². The molecule has 4 aromatic rings. The van der Waals surface area contributed by atoms with Crippen LogP contribution in [0.5, 0.6) is 17.2 Å². The van der Waals surface area contributed by atoms with Gasteiger partial charge in [-0.15, -0.1) is 11.3 Å². The standard InChI is InChI=1S/C22H17N3O4S/c1-28-18-8-2-15(3-9-18)21-14-30-22(24-21)23-16-4-10-19(11-5-16)29-20-12-6-17(7-13-20)25(26)27/h2-14H,1H3,(H,23,24). The lowest BCUT2D eigenvalue weighted by atomic mass is 10.2. The Morgan fingerprint density at radius 2 is 1.50 bits per heavy atom. The van der Waals surface area contributed by atoms with Crippen LogP contribution in [0, 0.1) is 10.1 Å². The summed E-state index contributed by atoms with van der Waals surface area (Å²) in [7, 11) is 1.64. The highest BCUT2D eigenvalue weighted by molar-refractivity contribution is 7.14. The minimum atomic E-state index is -0.442. The van der Waals surface area contributed by atoms with Gasteiger partial charge in [0.05, 0.1) is 17.7 Å². The molecule has 8 heteroatoms. The molecule has 1 aromatic heterocycles. The molecule has 1 N–H and O–H groups in total. The Kier molecular flexibility index (Phi) is 5.58. The Balaban J connectivity index is 1.40. The van der Waals surface area contributed by atoms with E-state index in [-0.39, 0.29) is 5.69 Å². The van der Waals surface area contributed by atoms with Crippen LogP contribution >= 0.6 is 11.3 Å². The minimum absolute atomic E-state index is 0.0272. The number of hydrogen-bond acceptors (Lipinski definition) is 7. The first kappa shape index (κ1) is 19.4. The lowest BCUT2D eigenvalue weighted by molar-refractivity contribution is -0.384. The molecular formula is C22H17N3O4S. The number of aromatic nitrogens is 1. The molecule has 0 saturated heterocycles. The van der Waals surface area contributed by atoms with Crippen molar-refractivity contribution >= 4 is 27.8 Å². The van der Waals surface area contributed by atoms with E-state index in [1.165, 1.54) is 23.5 Å². The van der Waals surface area contributed by atoms with Crippen molar-refractivity contribution in [3.8, 4) is 28.5 Å². The molecule has 3 aromatic carbocycles. The van der Waals surface area contributed by atoms with Crippen molar-refractivity contribution in [3.05, 3.63) is 88.3 Å². The van der Waals surface area contributed by atoms with Crippen LogP contribution < -0.4 is 14.8 Å². The molecule has 1 heterocycles. The molecule has 0 fully saturated rings. The molecule has 150 valence electrons. The van der Waals surface area contributed by atoms with E-state index < -0.39 is 4.92 Å². The molecule has 0 bridgehead atoms. The number of benzene rings is 3. The monoisotopic (exact) mass is 419 g/mol. The number of ether oxygens (including phenoxy) is 2. The van der Waals surface area contributed by atoms with Crippen LogP contribution in [0.15, 0.2) is 78.2 Å². The van der Waals surface area contributed by atoms with Gasteiger partial charge in [0.1, 0.15) is 17.2 Å². The first-order chi connectivity index (χ1) is 14.6. The van der Waals surface area contributed by atoms with Crippen LogP contribution in [-0.2, 0) is 0 Å². The third-order valence-electron chi connectivity index (χ3n) is 4.28. The molecule has 30 heavy (non-hydrogen) atoms. The van der Waals surface area contributed by atoms with Crippen LogP contribution in [0.1, 0.15) is 0 Å². The maximum Gasteiger partial charge on any atom is 0.269 e. The zero-order chi connectivity index (χ0) is 20.9. The van der Waals surface area contributed by atoms with Gasteiger partial charge in [-0.1, -0.05) is 0 Å². The Labute approximate surface area is 176 Å². The van der Waals surface area contributed by atoms with Crippen LogP contribution in [-0.4, -0.2) is 17.0 Å². The van der Waals surface area contributed by atoms with Crippen molar-refractivity contribution in [2.45, 2.75) is 0 Å². The molecule has 0 radical (unpaired) electrons. The average molecular weight is 419 g/mol. The number of hydrogen-bond donors (Lipinski definition) is 1. The van der Waals surface area contributed by atoms with Crippen molar-refractivity contribution in [2.75, 3.05) is 12.4 Å². The van der Waals surface area contributed by atoms with Crippen LogP contribution in [0.25, 0.3) is 11.3 Å². The summed E-state index contributed by atoms with van der Waals surface area (Å²) in [6, 6.07) is 21.1. The Morgan fingerprint density at radius 3 is 2.10 bits per heavy atom. The molecule has 0 unspecified atom stereocenters. The number of nitro groups is 1. The number of thiazole rings is 1. The normalized spacial score (nSPS) is 10.4. The number of rotatable bonds is 7. The zero-order valence-electron chi connectivity index (χ0n) is 15.9. The van der Waals surface area contributed by atoms with E-state index in [9.17, 15) is 10.1 Å². The number of nitrogens with zero attached hydrogens (tertiary/aromatic N) is 2. The zero-order valence-corrected chi connectivity index (χ0v) is 16.8. The van der Waals surface area contributed by atoms with Gasteiger partial charge in [-0.3, -0.25) is 10.1 Å². The Morgan fingerprint density at radius 1 is 0.900 bits per heavy atom. The molecule has 0 aliphatic carbocycles. The second-order valence-corrected chi connectivity index (χ2v) is 7.13. The second kappa shape index (κ2) is 8.62. The summed E-state index contributed by atoms with van der Waals surface area (Å²) < 4.78 is 10.9. The molecule has 7 nitrogen and oxygen atoms in total. The molecule has 4 rings (SSSR count). The molecule has 0 aliphatic heterocycles. The fraction of sp³-hybridized carbons (Fsp3) is 0.0455. The first-order valence-corrected chi connectivity index (χ1v) is 9.88. The SMILES string of the molecule is COc1ccc(-c2csc(Nc3ccc(Oc4ccc([N+](=O)[O-])cc4)cc3)n2)cc1. The highest BCUT2D eigenvalue weighted by Crippen LogP contribution is 2.30. The van der Waals surface area contributed by atoms with E-state index in [4.69, 9.17) is 9.47 Å². The average Bonchev–Trinajstić information content (AvgIpc) is 3.24. The van der Waals surface area contributed by atoms with E-state index in [0.29, 0.717) is 11.5 Å². The predicted octanol–water partition coefficient (Wildman–Crippen LogP) is 6.26. The quantitative estimate of drug-likeness (QED) is 0.281. The van der Waals surface area contributed by atoms with Crippen LogP contribution in [0.4, 0.5) is 16.5 Å². The summed E-state index contributed by atoms with van der Waals surface area (Å²) in [4.78, 5) is 14.9. The van der Waals surface area contributed by atoms with E-state index in [0.717, 1.165) is 27.8 Å². The van der Waals surface area contributed by atoms with E-state index >= 15 is 0 Å². The van der Waals surface area contributed by atoms with Gasteiger partial charge in [0, 0.05) is 28.8 Å². The maximum absolute atomic E-state index is 10.7. The van der Waals surface area contributed by atoms with Gasteiger partial charge in [0.25, 0.3) is 5.69 Å². The van der Waals surface area contributed by atoms with E-state index in [1.54, 1.807) is 19.2 Å². The molecule has 0 saturated carbocycles. The van der Waals surface area contributed by atoms with Gasteiger partial charge >= 0.3 is 0 Å². The van der Waals surface area contributed by atoms with Gasteiger partial charge < -0.3 is 14.8 Å². The van der Waals surface area contributed by atoms with E-state index in [1.807, 2.05) is 53.9 Å². The molecule has 0 atom stereocenters. The summed E-state index contributed by atoms with van der Waals surface area (Å²) >= 11 is 1.52. The van der Waals surface area contributed by atoms with E-state index in [2.05, 4.69) is 10.3 Å².